The second-order valence-electron chi connectivity index (χ2n) is 17.1. The van der Waals surface area contributed by atoms with Gasteiger partial charge in [-0.15, -0.1) is 0 Å². The van der Waals surface area contributed by atoms with Gasteiger partial charge in [0.05, 0.1) is 11.5 Å². The van der Waals surface area contributed by atoms with Crippen LogP contribution < -0.4 is 24.7 Å². The number of aromatic nitrogens is 3. The van der Waals surface area contributed by atoms with Gasteiger partial charge in [0.25, 0.3) is 8.32 Å². The number of methoxy groups -OCH3 is 1. The number of likely N-dealkylation sites (tertiary alicyclic amines) is 1. The summed E-state index contributed by atoms with van der Waals surface area (Å²) in [5.74, 6) is 0.0568. The lowest BCUT2D eigenvalue weighted by Crippen LogP contribution is -2.67. The van der Waals surface area contributed by atoms with Crippen molar-refractivity contribution < 1.29 is 27.4 Å². The van der Waals surface area contributed by atoms with Crippen LogP contribution in [0.1, 0.15) is 58.9 Å². The summed E-state index contributed by atoms with van der Waals surface area (Å²) < 4.78 is 57.6. The van der Waals surface area contributed by atoms with Crippen LogP contribution in [0.25, 0.3) is 32.9 Å². The zero-order valence-electron chi connectivity index (χ0n) is 35.5. The number of hydrogen-bond acceptors (Lipinski definition) is 9. The van der Waals surface area contributed by atoms with E-state index in [9.17, 15) is 0 Å². The fourth-order valence-electron chi connectivity index (χ4n) is 9.27. The third kappa shape index (κ3) is 7.98. The molecule has 60 heavy (non-hydrogen) atoms. The number of pyridine rings is 1. The lowest BCUT2D eigenvalue weighted by molar-refractivity contribution is 0.0512. The highest BCUT2D eigenvalue weighted by Gasteiger charge is 2.52. The topological polar surface area (TPSA) is 82.1 Å². The van der Waals surface area contributed by atoms with Gasteiger partial charge in [0.1, 0.15) is 35.2 Å². The van der Waals surface area contributed by atoms with Crippen LogP contribution in [0.5, 0.6) is 11.8 Å². The van der Waals surface area contributed by atoms with Crippen LogP contribution in [0.4, 0.5) is 14.6 Å². The molecule has 0 unspecified atom stereocenters. The fraction of sp³-hybridized carbons (Fsp3) is 0.396. The minimum Gasteiger partial charge on any atom is -0.468 e. The summed E-state index contributed by atoms with van der Waals surface area (Å²) >= 11 is 0. The first-order valence-electron chi connectivity index (χ1n) is 21.1. The third-order valence-electron chi connectivity index (χ3n) is 12.2. The first kappa shape index (κ1) is 41.7. The van der Waals surface area contributed by atoms with Crippen LogP contribution in [-0.4, -0.2) is 87.5 Å². The molecule has 6 aromatic rings. The van der Waals surface area contributed by atoms with Crippen LogP contribution in [0.2, 0.25) is 5.04 Å². The minimum absolute atomic E-state index is 0.00394. The van der Waals surface area contributed by atoms with E-state index in [4.69, 9.17) is 33.6 Å². The van der Waals surface area contributed by atoms with E-state index in [0.717, 1.165) is 45.3 Å². The Morgan fingerprint density at radius 3 is 2.22 bits per heavy atom. The number of halogens is 2. The van der Waals surface area contributed by atoms with Crippen LogP contribution in [0, 0.1) is 11.6 Å². The Hall–Kier alpha value is -5.01. The summed E-state index contributed by atoms with van der Waals surface area (Å²) in [5.41, 5.74) is 1.03. The number of rotatable bonds is 13. The maximum atomic E-state index is 17.3. The van der Waals surface area contributed by atoms with Crippen molar-refractivity contribution in [3.8, 4) is 23.0 Å². The van der Waals surface area contributed by atoms with Crippen LogP contribution >= 0.6 is 0 Å². The third-order valence-corrected chi connectivity index (χ3v) is 17.3. The minimum atomic E-state index is -2.77. The van der Waals surface area contributed by atoms with Crippen molar-refractivity contribution in [1.29, 1.82) is 0 Å². The maximum Gasteiger partial charge on any atom is 0.319 e. The largest absolute Gasteiger partial charge is 0.468 e. The average molecular weight is 832 g/mol. The van der Waals surface area contributed by atoms with E-state index in [1.807, 2.05) is 13.0 Å². The first-order chi connectivity index (χ1) is 29.0. The number of fused-ring (bicyclic) bond motifs is 2. The number of piperidine rings is 1. The molecule has 0 amide bonds. The number of likely N-dealkylation sites (N-methyl/N-ethyl adjacent to an activating group) is 1. The molecule has 2 aromatic heterocycles. The Bertz CT molecular complexity index is 2410. The lowest BCUT2D eigenvalue weighted by Gasteiger charge is -2.44. The molecule has 2 saturated heterocycles. The van der Waals surface area contributed by atoms with Gasteiger partial charge in [-0.05, 0) is 89.1 Å². The van der Waals surface area contributed by atoms with E-state index in [-0.39, 0.29) is 47.0 Å². The van der Waals surface area contributed by atoms with E-state index in [2.05, 4.69) is 98.3 Å². The summed E-state index contributed by atoms with van der Waals surface area (Å²) in [6.45, 7) is 11.4. The highest BCUT2D eigenvalue weighted by Crippen LogP contribution is 2.41. The summed E-state index contributed by atoms with van der Waals surface area (Å²) in [6.07, 6.45) is 5.87. The van der Waals surface area contributed by atoms with Gasteiger partial charge in [-0.2, -0.15) is 9.97 Å². The van der Waals surface area contributed by atoms with Crippen molar-refractivity contribution in [2.75, 3.05) is 52.1 Å². The molecule has 0 N–H and O–H groups in total. The van der Waals surface area contributed by atoms with Crippen molar-refractivity contribution in [2.45, 2.75) is 77.0 Å². The molecule has 4 heterocycles. The first-order valence-corrected chi connectivity index (χ1v) is 23.0. The van der Waals surface area contributed by atoms with Crippen LogP contribution in [-0.2, 0) is 15.6 Å². The highest BCUT2D eigenvalue weighted by molar-refractivity contribution is 6.99. The predicted molar refractivity (Wildman–Crippen MR) is 237 cm³/mol. The molecule has 2 fully saturated rings. The molecule has 9 nitrogen and oxygen atoms in total. The molecule has 0 radical (unpaired) electrons. The molecule has 12 heteroatoms. The molecule has 0 saturated carbocycles. The van der Waals surface area contributed by atoms with Gasteiger partial charge in [-0.25, -0.2) is 8.78 Å². The fourth-order valence-corrected chi connectivity index (χ4v) is 14.0. The predicted octanol–water partition coefficient (Wildman–Crippen LogP) is 8.69. The van der Waals surface area contributed by atoms with Crippen molar-refractivity contribution in [2.24, 2.45) is 0 Å². The Kier molecular flexibility index (Phi) is 12.2. The quantitative estimate of drug-likeness (QED) is 0.0839. The Balaban J connectivity index is 1.14. The lowest BCUT2D eigenvalue weighted by atomic mass is 9.94. The van der Waals surface area contributed by atoms with Gasteiger partial charge < -0.3 is 23.5 Å². The Labute approximate surface area is 352 Å². The molecular formula is C48H55F2N5O4Si. The maximum absolute atomic E-state index is 17.3. The number of ether oxygens (including phenoxy) is 3. The number of hydrogen-bond donors (Lipinski definition) is 0. The van der Waals surface area contributed by atoms with Gasteiger partial charge in [-0.3, -0.25) is 9.88 Å². The van der Waals surface area contributed by atoms with E-state index >= 15 is 8.78 Å². The van der Waals surface area contributed by atoms with Gasteiger partial charge in [0, 0.05) is 44.5 Å². The second-order valence-corrected chi connectivity index (χ2v) is 21.4. The molecular weight excluding hydrogens is 777 g/mol. The molecule has 0 bridgehead atoms. The zero-order valence-corrected chi connectivity index (χ0v) is 36.5. The summed E-state index contributed by atoms with van der Waals surface area (Å²) in [6, 6.07) is 28.1. The Morgan fingerprint density at radius 1 is 0.867 bits per heavy atom. The highest BCUT2D eigenvalue weighted by atomic mass is 28.4. The van der Waals surface area contributed by atoms with Crippen molar-refractivity contribution >= 4 is 46.2 Å². The molecule has 2 aliphatic heterocycles. The number of anilines is 1. The molecule has 0 spiro atoms. The number of aryl methyl sites for hydroxylation is 1. The average Bonchev–Trinajstić information content (AvgIpc) is 3.62. The number of nitrogens with zero attached hydrogens (tertiary/aromatic N) is 5. The van der Waals surface area contributed by atoms with Crippen molar-refractivity contribution in [3.63, 3.8) is 0 Å². The van der Waals surface area contributed by atoms with Gasteiger partial charge in [0.15, 0.2) is 12.6 Å². The molecule has 4 aromatic carbocycles. The van der Waals surface area contributed by atoms with Crippen LogP contribution in [0.3, 0.4) is 0 Å². The van der Waals surface area contributed by atoms with E-state index in [1.54, 1.807) is 18.3 Å². The van der Waals surface area contributed by atoms with E-state index in [0.29, 0.717) is 51.9 Å². The molecule has 0 aliphatic carbocycles. The molecule has 2 aliphatic rings. The molecule has 8 rings (SSSR count). The Morgan fingerprint density at radius 2 is 1.57 bits per heavy atom. The van der Waals surface area contributed by atoms with Crippen LogP contribution in [0.15, 0.2) is 91.1 Å². The van der Waals surface area contributed by atoms with Gasteiger partial charge in [-0.1, -0.05) is 94.4 Å². The smallest absolute Gasteiger partial charge is 0.319 e. The van der Waals surface area contributed by atoms with E-state index < -0.39 is 14.1 Å². The second kappa shape index (κ2) is 17.5. The molecule has 2 atom stereocenters. The SMILES string of the molecule is CCc1c(F)ccc2cc(OCOC)cc(-c3ncc4c(N5CCCCC5)nc(OC[C@@H]5C[C@@H](O[Si](c6ccccc6)(c6ccccc6)C(C)(C)C)CN5C)nc4c3F)c12. The van der Waals surface area contributed by atoms with Crippen molar-refractivity contribution in [3.05, 3.63) is 108 Å². The molecule has 314 valence electrons. The normalized spacial score (nSPS) is 17.8. The van der Waals surface area contributed by atoms with Gasteiger partial charge in [0.2, 0.25) is 0 Å². The van der Waals surface area contributed by atoms with Crippen molar-refractivity contribution in [1.82, 2.24) is 19.9 Å². The number of benzene rings is 4. The van der Waals surface area contributed by atoms with Gasteiger partial charge >= 0.3 is 6.01 Å². The summed E-state index contributed by atoms with van der Waals surface area (Å²) in [7, 11) is 0.857. The monoisotopic (exact) mass is 831 g/mol. The van der Waals surface area contributed by atoms with E-state index in [1.165, 1.54) is 23.5 Å². The summed E-state index contributed by atoms with van der Waals surface area (Å²) in [5, 5.41) is 4.12. The zero-order chi connectivity index (χ0) is 42.0. The standard InChI is InChI=1S/C48H55F2N5O4Si/c1-7-38-41(49)22-21-32-25-34(58-31-56-6)27-39(42(32)38)44-43(50)45-40(28-51-44)46(55-23-15-10-16-24-55)53-47(52-45)57-30-33-26-35(29-54(33)5)59-60(48(2,3)4,36-17-11-8-12-18-36)37-19-13-9-14-20-37/h8-9,11-14,17-22,25,27-28,33,35H,7,10,15-16,23-24,26,29-31H2,1-6H3/t33-,35+/m0/s1. The summed E-state index contributed by atoms with van der Waals surface area (Å²) in [4.78, 5) is 18.9.